The Bertz CT molecular complexity index is 924. The van der Waals surface area contributed by atoms with Crippen molar-refractivity contribution in [1.82, 2.24) is 0 Å². The van der Waals surface area contributed by atoms with Crippen LogP contribution in [0.15, 0.2) is 30.3 Å². The minimum atomic E-state index is -1.98. The Hall–Kier alpha value is -2.93. The number of hydrogen-bond acceptors (Lipinski definition) is 7. The lowest BCUT2D eigenvalue weighted by molar-refractivity contribution is -0.151. The van der Waals surface area contributed by atoms with Gasteiger partial charge >= 0.3 is 0 Å². The van der Waals surface area contributed by atoms with Gasteiger partial charge in [-0.2, -0.15) is 0 Å². The van der Waals surface area contributed by atoms with Crippen molar-refractivity contribution in [3.8, 4) is 28.7 Å². The third-order valence-corrected chi connectivity index (χ3v) is 5.59. The number of rotatable bonds is 8. The molecule has 2 aromatic rings. The molecule has 5 N–H and O–H groups in total. The number of carbonyl (C=O) groups is 1. The standard InChI is InChI=1S/C23H28O7/c1-2-3-4-5-6-7-21(28)23(29)13-16-18(26)11-15(24)12-20(16)30-22(23)14-8-9-17(25)19(27)10-14/h8-12,22,24-27,29H,2-7,13H2,1H3/t22-,23+/m1/s1. The molecule has 7 nitrogen and oxygen atoms in total. The van der Waals surface area contributed by atoms with Gasteiger partial charge in [0.05, 0.1) is 0 Å². The molecular weight excluding hydrogens is 388 g/mol. The number of carbonyl (C=O) groups excluding carboxylic acids is 1. The zero-order valence-corrected chi connectivity index (χ0v) is 17.0. The Morgan fingerprint density at radius 3 is 2.43 bits per heavy atom. The van der Waals surface area contributed by atoms with Gasteiger partial charge in [0.1, 0.15) is 17.2 Å². The first-order chi connectivity index (χ1) is 14.3. The molecule has 162 valence electrons. The first kappa shape index (κ1) is 21.8. The molecule has 0 unspecified atom stereocenters. The van der Waals surface area contributed by atoms with Gasteiger partial charge in [0.25, 0.3) is 0 Å². The van der Waals surface area contributed by atoms with Crippen LogP contribution in [0.2, 0.25) is 0 Å². The number of benzene rings is 2. The fraction of sp³-hybridized carbons (Fsp3) is 0.435. The normalized spacial score (nSPS) is 20.4. The van der Waals surface area contributed by atoms with E-state index in [0.717, 1.165) is 31.7 Å². The molecule has 30 heavy (non-hydrogen) atoms. The van der Waals surface area contributed by atoms with Crippen molar-refractivity contribution in [2.24, 2.45) is 0 Å². The van der Waals surface area contributed by atoms with Crippen LogP contribution in [0.5, 0.6) is 28.7 Å². The highest BCUT2D eigenvalue weighted by molar-refractivity contribution is 5.89. The highest BCUT2D eigenvalue weighted by Gasteiger charge is 2.50. The minimum absolute atomic E-state index is 0.144. The Kier molecular flexibility index (Phi) is 6.41. The van der Waals surface area contributed by atoms with Crippen LogP contribution in [-0.4, -0.2) is 36.9 Å². The van der Waals surface area contributed by atoms with Crippen LogP contribution >= 0.6 is 0 Å². The molecule has 0 spiro atoms. The van der Waals surface area contributed by atoms with Crippen LogP contribution in [0.4, 0.5) is 0 Å². The Balaban J connectivity index is 1.95. The number of phenolic OH excluding ortho intramolecular Hbond substituents is 4. The highest BCUT2D eigenvalue weighted by atomic mass is 16.5. The molecule has 0 bridgehead atoms. The molecule has 1 aliphatic heterocycles. The molecule has 0 fully saturated rings. The van der Waals surface area contributed by atoms with E-state index in [2.05, 4.69) is 6.92 Å². The van der Waals surface area contributed by atoms with Crippen molar-refractivity contribution in [2.75, 3.05) is 0 Å². The molecule has 1 aliphatic rings. The van der Waals surface area contributed by atoms with Gasteiger partial charge < -0.3 is 30.3 Å². The summed E-state index contributed by atoms with van der Waals surface area (Å²) in [5.74, 6) is -1.51. The summed E-state index contributed by atoms with van der Waals surface area (Å²) in [4.78, 5) is 13.1. The van der Waals surface area contributed by atoms with Gasteiger partial charge in [-0.25, -0.2) is 0 Å². The predicted octanol–water partition coefficient (Wildman–Crippen LogP) is 3.85. The van der Waals surface area contributed by atoms with E-state index in [9.17, 15) is 30.3 Å². The number of Topliss-reactive ketones (excluding diaryl/α,β-unsaturated/α-hetero) is 1. The Labute approximate surface area is 175 Å². The average molecular weight is 416 g/mol. The Morgan fingerprint density at radius 1 is 1.00 bits per heavy atom. The predicted molar refractivity (Wildman–Crippen MR) is 110 cm³/mol. The van der Waals surface area contributed by atoms with E-state index in [1.54, 1.807) is 0 Å². The van der Waals surface area contributed by atoms with Crippen molar-refractivity contribution in [2.45, 2.75) is 63.6 Å². The molecule has 3 rings (SSSR count). The number of ether oxygens (including phenoxy) is 1. The number of unbranched alkanes of at least 4 members (excludes halogenated alkanes) is 4. The van der Waals surface area contributed by atoms with Gasteiger partial charge in [-0.1, -0.05) is 38.7 Å². The second-order valence-corrected chi connectivity index (χ2v) is 7.88. The lowest BCUT2D eigenvalue weighted by Gasteiger charge is -2.40. The van der Waals surface area contributed by atoms with Gasteiger partial charge in [-0.3, -0.25) is 4.79 Å². The molecule has 1 heterocycles. The third-order valence-electron chi connectivity index (χ3n) is 5.59. The van der Waals surface area contributed by atoms with Crippen LogP contribution in [0.25, 0.3) is 0 Å². The highest BCUT2D eigenvalue weighted by Crippen LogP contribution is 2.47. The van der Waals surface area contributed by atoms with Crippen molar-refractivity contribution >= 4 is 5.78 Å². The minimum Gasteiger partial charge on any atom is -0.508 e. The number of aromatic hydroxyl groups is 4. The molecule has 0 radical (unpaired) electrons. The number of ketones is 1. The maximum Gasteiger partial charge on any atom is 0.168 e. The largest absolute Gasteiger partial charge is 0.508 e. The summed E-state index contributed by atoms with van der Waals surface area (Å²) in [5.41, 5.74) is -1.45. The van der Waals surface area contributed by atoms with E-state index < -0.39 is 23.2 Å². The van der Waals surface area contributed by atoms with Crippen LogP contribution < -0.4 is 4.74 Å². The van der Waals surface area contributed by atoms with Crippen molar-refractivity contribution in [3.05, 3.63) is 41.5 Å². The number of hydrogen-bond donors (Lipinski definition) is 5. The van der Waals surface area contributed by atoms with E-state index in [0.29, 0.717) is 12.0 Å². The summed E-state index contributed by atoms with van der Waals surface area (Å²) in [6.07, 6.45) is 3.45. The zero-order valence-electron chi connectivity index (χ0n) is 17.0. The summed E-state index contributed by atoms with van der Waals surface area (Å²) in [6, 6.07) is 6.36. The van der Waals surface area contributed by atoms with Gasteiger partial charge in [-0.15, -0.1) is 0 Å². The number of aliphatic hydroxyl groups is 1. The van der Waals surface area contributed by atoms with Gasteiger partial charge in [0.2, 0.25) is 0 Å². The summed E-state index contributed by atoms with van der Waals surface area (Å²) < 4.78 is 5.87. The summed E-state index contributed by atoms with van der Waals surface area (Å²) in [5, 5.41) is 51.0. The quantitative estimate of drug-likeness (QED) is 0.327. The fourth-order valence-electron chi connectivity index (χ4n) is 3.88. The van der Waals surface area contributed by atoms with Crippen LogP contribution in [0, 0.1) is 0 Å². The topological polar surface area (TPSA) is 127 Å². The van der Waals surface area contributed by atoms with E-state index >= 15 is 0 Å². The van der Waals surface area contributed by atoms with E-state index in [1.165, 1.54) is 24.3 Å². The maximum atomic E-state index is 13.1. The second kappa shape index (κ2) is 8.83. The lowest BCUT2D eigenvalue weighted by atomic mass is 9.78. The molecule has 0 amide bonds. The molecule has 0 aliphatic carbocycles. The molecule has 2 atom stereocenters. The molecule has 0 aromatic heterocycles. The number of fused-ring (bicyclic) bond motifs is 1. The molecule has 0 saturated heterocycles. The van der Waals surface area contributed by atoms with E-state index in [1.807, 2.05) is 0 Å². The third kappa shape index (κ3) is 4.31. The summed E-state index contributed by atoms with van der Waals surface area (Å²) >= 11 is 0. The van der Waals surface area contributed by atoms with Gasteiger partial charge in [0, 0.05) is 30.5 Å². The maximum absolute atomic E-state index is 13.1. The summed E-state index contributed by atoms with van der Waals surface area (Å²) in [7, 11) is 0. The molecule has 2 aromatic carbocycles. The van der Waals surface area contributed by atoms with Crippen LogP contribution in [0.3, 0.4) is 0 Å². The van der Waals surface area contributed by atoms with E-state index in [-0.39, 0.29) is 41.4 Å². The number of phenols is 4. The fourth-order valence-corrected chi connectivity index (χ4v) is 3.88. The molecule has 7 heteroatoms. The molecular formula is C23H28O7. The molecule has 0 saturated carbocycles. The SMILES string of the molecule is CCCCCCCC(=O)[C@@]1(O)Cc2c(O)cc(O)cc2O[C@@H]1c1ccc(O)c(O)c1. The van der Waals surface area contributed by atoms with Crippen molar-refractivity contribution < 1.29 is 35.1 Å². The second-order valence-electron chi connectivity index (χ2n) is 7.88. The van der Waals surface area contributed by atoms with Crippen molar-refractivity contribution in [1.29, 1.82) is 0 Å². The van der Waals surface area contributed by atoms with Crippen molar-refractivity contribution in [3.63, 3.8) is 0 Å². The monoisotopic (exact) mass is 416 g/mol. The zero-order chi connectivity index (χ0) is 21.9. The smallest absolute Gasteiger partial charge is 0.168 e. The average Bonchev–Trinajstić information content (AvgIpc) is 2.70. The first-order valence-corrected chi connectivity index (χ1v) is 10.2. The van der Waals surface area contributed by atoms with Gasteiger partial charge in [-0.05, 0) is 24.1 Å². The first-order valence-electron chi connectivity index (χ1n) is 10.2. The Morgan fingerprint density at radius 2 is 1.73 bits per heavy atom. The van der Waals surface area contributed by atoms with Gasteiger partial charge in [0.15, 0.2) is 29.0 Å². The van der Waals surface area contributed by atoms with Crippen LogP contribution in [-0.2, 0) is 11.2 Å². The van der Waals surface area contributed by atoms with Crippen LogP contribution in [0.1, 0.15) is 62.7 Å². The van der Waals surface area contributed by atoms with E-state index in [4.69, 9.17) is 4.74 Å². The lowest BCUT2D eigenvalue weighted by Crippen LogP contribution is -2.51. The summed E-state index contributed by atoms with van der Waals surface area (Å²) in [6.45, 7) is 2.10.